The van der Waals surface area contributed by atoms with E-state index < -0.39 is 17.6 Å². The fraction of sp³-hybridized carbons (Fsp3) is 0.562. The summed E-state index contributed by atoms with van der Waals surface area (Å²) in [6.07, 6.45) is 1.61. The van der Waals surface area contributed by atoms with Gasteiger partial charge in [0.2, 0.25) is 5.91 Å². The molecule has 2 aliphatic heterocycles. The summed E-state index contributed by atoms with van der Waals surface area (Å²) in [5.41, 5.74) is 2.72. The van der Waals surface area contributed by atoms with Crippen molar-refractivity contribution in [2.45, 2.75) is 63.3 Å². The minimum atomic E-state index is -0.609. The molecule has 0 bridgehead atoms. The number of esters is 1. The first-order chi connectivity index (χ1) is 18.6. The molecule has 0 radical (unpaired) electrons. The highest BCUT2D eigenvalue weighted by Crippen LogP contribution is 2.72. The van der Waals surface area contributed by atoms with Gasteiger partial charge in [0.1, 0.15) is 11.6 Å². The van der Waals surface area contributed by atoms with Crippen LogP contribution in [0.4, 0.5) is 8.78 Å². The van der Waals surface area contributed by atoms with E-state index in [2.05, 4.69) is 43.9 Å². The monoisotopic (exact) mass is 536 g/mol. The van der Waals surface area contributed by atoms with Crippen LogP contribution in [0.1, 0.15) is 69.1 Å². The van der Waals surface area contributed by atoms with Crippen molar-refractivity contribution in [1.82, 2.24) is 9.80 Å². The van der Waals surface area contributed by atoms with E-state index in [0.29, 0.717) is 38.3 Å². The van der Waals surface area contributed by atoms with Gasteiger partial charge in [0.05, 0.1) is 18.4 Å². The molecule has 2 saturated heterocycles. The van der Waals surface area contributed by atoms with Gasteiger partial charge in [-0.15, -0.1) is 0 Å². The topological polar surface area (TPSA) is 49.9 Å². The number of hydrogen-bond donors (Lipinski definition) is 0. The Kier molecular flexibility index (Phi) is 6.37. The number of ether oxygens (including phenoxy) is 1. The molecule has 0 aromatic heterocycles. The summed E-state index contributed by atoms with van der Waals surface area (Å²) in [5.74, 6) is -1.62. The van der Waals surface area contributed by atoms with Gasteiger partial charge in [-0.2, -0.15) is 0 Å². The fourth-order valence-corrected chi connectivity index (χ4v) is 8.02. The molecule has 0 unspecified atom stereocenters. The van der Waals surface area contributed by atoms with Crippen LogP contribution in [0.2, 0.25) is 0 Å². The third-order valence-electron chi connectivity index (χ3n) is 9.99. The Balaban J connectivity index is 1.24. The van der Waals surface area contributed by atoms with Crippen molar-refractivity contribution >= 4 is 11.9 Å². The van der Waals surface area contributed by atoms with Crippen LogP contribution in [0.5, 0.6) is 0 Å². The van der Waals surface area contributed by atoms with E-state index in [1.807, 2.05) is 17.9 Å². The van der Waals surface area contributed by atoms with Crippen molar-refractivity contribution in [2.24, 2.45) is 17.8 Å². The van der Waals surface area contributed by atoms with Crippen LogP contribution in [0.3, 0.4) is 0 Å². The summed E-state index contributed by atoms with van der Waals surface area (Å²) in [4.78, 5) is 31.0. The van der Waals surface area contributed by atoms with E-state index in [1.165, 1.54) is 23.3 Å². The molecule has 4 aliphatic rings. The Morgan fingerprint density at radius 3 is 2.41 bits per heavy atom. The zero-order valence-corrected chi connectivity index (χ0v) is 23.3. The number of halogens is 2. The molecule has 2 aromatic rings. The summed E-state index contributed by atoms with van der Waals surface area (Å²) >= 11 is 0. The smallest absolute Gasteiger partial charge is 0.309 e. The lowest BCUT2D eigenvalue weighted by Crippen LogP contribution is -2.49. The number of piperidine rings is 1. The van der Waals surface area contributed by atoms with Crippen LogP contribution in [-0.2, 0) is 19.7 Å². The average Bonchev–Trinajstić information content (AvgIpc) is 3.40. The average molecular weight is 537 g/mol. The lowest BCUT2D eigenvalue weighted by Gasteiger charge is -2.43. The normalized spacial score (nSPS) is 29.3. The summed E-state index contributed by atoms with van der Waals surface area (Å²) in [7, 11) is 0. The number of fused-ring (bicyclic) bond motifs is 5. The SMILES string of the molecule is CCOC(=O)[C@@H]1[C@H]2c3ccccc3C3(CCN(C(=O)[C@@H]4CN(C(C)(C)C)C[C@H]4c4ccc(F)cc4F)CC3)[C@@H]12. The van der Waals surface area contributed by atoms with Gasteiger partial charge in [-0.05, 0) is 69.2 Å². The first-order valence-electron chi connectivity index (χ1n) is 14.3. The third kappa shape index (κ3) is 4.19. The molecule has 39 heavy (non-hydrogen) atoms. The Morgan fingerprint density at radius 1 is 1.03 bits per heavy atom. The van der Waals surface area contributed by atoms with E-state index in [0.717, 1.165) is 18.9 Å². The van der Waals surface area contributed by atoms with Crippen LogP contribution >= 0.6 is 0 Å². The molecular formula is C32H38F2N2O3. The molecule has 5 atom stereocenters. The maximum absolute atomic E-state index is 14.9. The third-order valence-corrected chi connectivity index (χ3v) is 9.99. The maximum atomic E-state index is 14.9. The molecule has 3 fully saturated rings. The predicted octanol–water partition coefficient (Wildman–Crippen LogP) is 5.25. The fourth-order valence-electron chi connectivity index (χ4n) is 8.02. The van der Waals surface area contributed by atoms with Gasteiger partial charge in [-0.3, -0.25) is 14.5 Å². The van der Waals surface area contributed by atoms with Gasteiger partial charge < -0.3 is 9.64 Å². The zero-order valence-electron chi connectivity index (χ0n) is 23.3. The summed E-state index contributed by atoms with van der Waals surface area (Å²) < 4.78 is 34.1. The zero-order chi connectivity index (χ0) is 27.7. The second kappa shape index (κ2) is 9.39. The van der Waals surface area contributed by atoms with Crippen LogP contribution < -0.4 is 0 Å². The molecule has 2 aliphatic carbocycles. The molecule has 6 rings (SSSR count). The first kappa shape index (κ1) is 26.4. The predicted molar refractivity (Wildman–Crippen MR) is 144 cm³/mol. The summed E-state index contributed by atoms with van der Waals surface area (Å²) in [5, 5.41) is 0. The molecule has 208 valence electrons. The lowest BCUT2D eigenvalue weighted by molar-refractivity contribution is -0.146. The summed E-state index contributed by atoms with van der Waals surface area (Å²) in [6.45, 7) is 10.9. The van der Waals surface area contributed by atoms with E-state index in [9.17, 15) is 18.4 Å². The Labute approximate surface area is 229 Å². The number of nitrogens with zero attached hydrogens (tertiary/aromatic N) is 2. The number of rotatable bonds is 4. The Hall–Kier alpha value is -2.80. The van der Waals surface area contributed by atoms with Crippen molar-refractivity contribution in [3.8, 4) is 0 Å². The molecule has 5 nitrogen and oxygen atoms in total. The number of likely N-dealkylation sites (tertiary alicyclic amines) is 2. The highest BCUT2D eigenvalue weighted by Gasteiger charge is 2.70. The maximum Gasteiger partial charge on any atom is 0.309 e. The van der Waals surface area contributed by atoms with Crippen molar-refractivity contribution in [1.29, 1.82) is 0 Å². The largest absolute Gasteiger partial charge is 0.466 e. The van der Waals surface area contributed by atoms with Gasteiger partial charge in [-0.1, -0.05) is 30.3 Å². The highest BCUT2D eigenvalue weighted by atomic mass is 19.1. The first-order valence-corrected chi connectivity index (χ1v) is 14.3. The van der Waals surface area contributed by atoms with E-state index in [1.54, 1.807) is 0 Å². The van der Waals surface area contributed by atoms with E-state index in [4.69, 9.17) is 4.74 Å². The van der Waals surface area contributed by atoms with Crippen LogP contribution in [-0.4, -0.2) is 60.0 Å². The summed E-state index contributed by atoms with van der Waals surface area (Å²) in [6, 6.07) is 12.2. The molecule has 0 N–H and O–H groups in total. The minimum Gasteiger partial charge on any atom is -0.466 e. The van der Waals surface area contributed by atoms with Crippen LogP contribution in [0.15, 0.2) is 42.5 Å². The van der Waals surface area contributed by atoms with Crippen molar-refractivity contribution in [2.75, 3.05) is 32.8 Å². The molecule has 1 saturated carbocycles. The molecule has 2 aromatic carbocycles. The van der Waals surface area contributed by atoms with Gasteiger partial charge >= 0.3 is 5.97 Å². The Bertz CT molecular complexity index is 1300. The molecule has 7 heteroatoms. The van der Waals surface area contributed by atoms with Gasteiger partial charge in [-0.25, -0.2) is 8.78 Å². The van der Waals surface area contributed by atoms with Gasteiger partial charge in [0, 0.05) is 55.0 Å². The quantitative estimate of drug-likeness (QED) is 0.502. The van der Waals surface area contributed by atoms with E-state index in [-0.39, 0.29) is 46.5 Å². The van der Waals surface area contributed by atoms with E-state index >= 15 is 0 Å². The number of benzene rings is 2. The van der Waals surface area contributed by atoms with Crippen molar-refractivity contribution in [3.63, 3.8) is 0 Å². The van der Waals surface area contributed by atoms with Crippen molar-refractivity contribution in [3.05, 3.63) is 70.8 Å². The number of hydrogen-bond acceptors (Lipinski definition) is 4. The second-order valence-corrected chi connectivity index (χ2v) is 12.9. The van der Waals surface area contributed by atoms with Crippen LogP contribution in [0, 0.1) is 29.4 Å². The van der Waals surface area contributed by atoms with Crippen molar-refractivity contribution < 1.29 is 23.1 Å². The number of amides is 1. The minimum absolute atomic E-state index is 0.0471. The Morgan fingerprint density at radius 2 is 1.74 bits per heavy atom. The van der Waals surface area contributed by atoms with Gasteiger partial charge in [0.25, 0.3) is 0 Å². The molecule has 1 amide bonds. The molecular weight excluding hydrogens is 498 g/mol. The molecule has 2 heterocycles. The lowest BCUT2D eigenvalue weighted by atomic mass is 9.69. The number of carbonyl (C=O) groups is 2. The van der Waals surface area contributed by atoms with Crippen LogP contribution in [0.25, 0.3) is 0 Å². The second-order valence-electron chi connectivity index (χ2n) is 12.9. The number of carbonyl (C=O) groups excluding carboxylic acids is 2. The molecule has 1 spiro atoms. The highest BCUT2D eigenvalue weighted by molar-refractivity contribution is 5.82. The standard InChI is InChI=1S/C32H38F2N2O3/c1-5-39-30(38)27-26-21-8-6-7-9-24(21)32(28(26)27)12-14-35(15-13-32)29(37)23-18-36(31(2,3)4)17-22(23)20-11-10-19(33)16-25(20)34/h6-11,16,22-23,26-28H,5,12-15,17-18H2,1-4H3/t22-,23+,26+,27+,28+/m0/s1. The van der Waals surface area contributed by atoms with Gasteiger partial charge in [0.15, 0.2) is 0 Å².